The van der Waals surface area contributed by atoms with Gasteiger partial charge in [0.25, 0.3) is 0 Å². The average Bonchev–Trinajstić information content (AvgIpc) is 3.14. The predicted molar refractivity (Wildman–Crippen MR) is 128 cm³/mol. The summed E-state index contributed by atoms with van der Waals surface area (Å²) >= 11 is 0. The van der Waals surface area contributed by atoms with Gasteiger partial charge in [0.1, 0.15) is 5.60 Å². The van der Waals surface area contributed by atoms with Gasteiger partial charge in [-0.15, -0.1) is 0 Å². The van der Waals surface area contributed by atoms with Gasteiger partial charge in [0.15, 0.2) is 5.78 Å². The van der Waals surface area contributed by atoms with Crippen LogP contribution in [0.3, 0.4) is 0 Å². The van der Waals surface area contributed by atoms with Gasteiger partial charge < -0.3 is 5.11 Å². The molecule has 1 aliphatic rings. The van der Waals surface area contributed by atoms with Crippen LogP contribution in [0, 0.1) is 0 Å². The molecular weight excluding hydrogens is 392 g/mol. The van der Waals surface area contributed by atoms with Crippen LogP contribution in [0.25, 0.3) is 21.9 Å². The van der Waals surface area contributed by atoms with Gasteiger partial charge in [-0.1, -0.05) is 109 Å². The van der Waals surface area contributed by atoms with Crippen molar-refractivity contribution in [3.8, 4) is 11.1 Å². The first-order valence-electron chi connectivity index (χ1n) is 10.7. The number of rotatable bonds is 3. The number of aliphatic hydroxyl groups is 1. The van der Waals surface area contributed by atoms with Crippen LogP contribution in [-0.4, -0.2) is 10.9 Å². The van der Waals surface area contributed by atoms with Gasteiger partial charge in [-0.3, -0.25) is 4.79 Å². The van der Waals surface area contributed by atoms with E-state index in [9.17, 15) is 9.90 Å². The molecule has 0 aliphatic heterocycles. The molecule has 152 valence electrons. The minimum absolute atomic E-state index is 0.0165. The molecule has 0 saturated heterocycles. The van der Waals surface area contributed by atoms with Gasteiger partial charge in [-0.2, -0.15) is 0 Å². The van der Waals surface area contributed by atoms with Crippen LogP contribution in [0.5, 0.6) is 0 Å². The summed E-state index contributed by atoms with van der Waals surface area (Å²) in [5.41, 5.74) is 4.38. The summed E-state index contributed by atoms with van der Waals surface area (Å²) in [6.07, 6.45) is 0. The fourth-order valence-corrected chi connectivity index (χ4v) is 5.06. The Morgan fingerprint density at radius 3 is 1.97 bits per heavy atom. The lowest BCUT2D eigenvalue weighted by molar-refractivity contribution is 0.104. The summed E-state index contributed by atoms with van der Waals surface area (Å²) in [6.45, 7) is 0. The van der Waals surface area contributed by atoms with E-state index in [2.05, 4.69) is 0 Å². The van der Waals surface area contributed by atoms with E-state index < -0.39 is 5.60 Å². The molecule has 32 heavy (non-hydrogen) atoms. The molecule has 0 heterocycles. The summed E-state index contributed by atoms with van der Waals surface area (Å²) < 4.78 is 0. The molecule has 1 N–H and O–H groups in total. The van der Waals surface area contributed by atoms with Crippen molar-refractivity contribution in [3.05, 3.63) is 143 Å². The summed E-state index contributed by atoms with van der Waals surface area (Å²) in [5, 5.41) is 14.1. The summed E-state index contributed by atoms with van der Waals surface area (Å²) in [4.78, 5) is 13.5. The van der Waals surface area contributed by atoms with Crippen LogP contribution in [0.4, 0.5) is 0 Å². The Kier molecular flexibility index (Phi) is 4.11. The number of hydrogen-bond acceptors (Lipinski definition) is 2. The van der Waals surface area contributed by atoms with E-state index in [0.29, 0.717) is 11.1 Å². The molecule has 5 aromatic carbocycles. The third kappa shape index (κ3) is 2.54. The predicted octanol–water partition coefficient (Wildman–Crippen LogP) is 6.34. The smallest absolute Gasteiger partial charge is 0.193 e. The number of hydrogen-bond donors (Lipinski definition) is 1. The molecule has 5 aromatic rings. The number of fused-ring (bicyclic) bond motifs is 5. The third-order valence-electron chi connectivity index (χ3n) is 6.49. The maximum atomic E-state index is 13.5. The normalized spacial score (nSPS) is 16.5. The average molecular weight is 412 g/mol. The highest BCUT2D eigenvalue weighted by molar-refractivity contribution is 6.18. The van der Waals surface area contributed by atoms with E-state index >= 15 is 0 Å². The fourth-order valence-electron chi connectivity index (χ4n) is 5.06. The van der Waals surface area contributed by atoms with Crippen molar-refractivity contribution in [1.82, 2.24) is 0 Å². The topological polar surface area (TPSA) is 37.3 Å². The Hall–Kier alpha value is -4.01. The van der Waals surface area contributed by atoms with E-state index in [1.54, 1.807) is 0 Å². The second-order valence-electron chi connectivity index (χ2n) is 8.21. The first kappa shape index (κ1) is 18.7. The molecule has 0 fully saturated rings. The Morgan fingerprint density at radius 2 is 1.22 bits per heavy atom. The van der Waals surface area contributed by atoms with E-state index in [0.717, 1.165) is 38.6 Å². The maximum Gasteiger partial charge on any atom is 0.193 e. The van der Waals surface area contributed by atoms with Crippen molar-refractivity contribution < 1.29 is 9.90 Å². The Labute approximate surface area is 186 Å². The lowest BCUT2D eigenvalue weighted by Crippen LogP contribution is -2.26. The minimum Gasteiger partial charge on any atom is -0.376 e. The largest absolute Gasteiger partial charge is 0.376 e. The molecule has 1 atom stereocenters. The van der Waals surface area contributed by atoms with Gasteiger partial charge >= 0.3 is 0 Å². The molecular formula is C30H20O2. The summed E-state index contributed by atoms with van der Waals surface area (Å²) in [5.74, 6) is -0.0165. The SMILES string of the molecule is O=C(c1ccccc1)c1cc2c(c3ccccc13)C(O)(c1ccccc1)c1ccccc1-2. The molecule has 6 rings (SSSR count). The molecule has 0 saturated carbocycles. The zero-order chi connectivity index (χ0) is 21.7. The van der Waals surface area contributed by atoms with Gasteiger partial charge in [0, 0.05) is 22.3 Å². The number of ketones is 1. The van der Waals surface area contributed by atoms with Crippen LogP contribution in [-0.2, 0) is 5.60 Å². The number of benzene rings is 5. The van der Waals surface area contributed by atoms with E-state index in [1.165, 1.54) is 0 Å². The van der Waals surface area contributed by atoms with Crippen LogP contribution in [0.2, 0.25) is 0 Å². The molecule has 2 heteroatoms. The molecule has 1 unspecified atom stereocenters. The highest BCUT2D eigenvalue weighted by atomic mass is 16.3. The van der Waals surface area contributed by atoms with Crippen molar-refractivity contribution in [2.24, 2.45) is 0 Å². The van der Waals surface area contributed by atoms with Crippen molar-refractivity contribution in [2.45, 2.75) is 5.60 Å². The van der Waals surface area contributed by atoms with Crippen LogP contribution in [0.15, 0.2) is 115 Å². The quantitative estimate of drug-likeness (QED) is 0.351. The number of carbonyl (C=O) groups is 1. The molecule has 0 spiro atoms. The van der Waals surface area contributed by atoms with E-state index in [-0.39, 0.29) is 5.78 Å². The van der Waals surface area contributed by atoms with Gasteiger partial charge in [-0.05, 0) is 33.5 Å². The first-order valence-corrected chi connectivity index (χ1v) is 10.7. The highest BCUT2D eigenvalue weighted by Gasteiger charge is 2.44. The monoisotopic (exact) mass is 412 g/mol. The minimum atomic E-state index is -1.29. The van der Waals surface area contributed by atoms with Crippen molar-refractivity contribution in [3.63, 3.8) is 0 Å². The zero-order valence-corrected chi connectivity index (χ0v) is 17.3. The van der Waals surface area contributed by atoms with E-state index in [4.69, 9.17) is 0 Å². The summed E-state index contributed by atoms with van der Waals surface area (Å²) in [7, 11) is 0. The lowest BCUT2D eigenvalue weighted by Gasteiger charge is -2.28. The van der Waals surface area contributed by atoms with Crippen LogP contribution >= 0.6 is 0 Å². The van der Waals surface area contributed by atoms with Gasteiger partial charge in [0.2, 0.25) is 0 Å². The fraction of sp³-hybridized carbons (Fsp3) is 0.0333. The Balaban J connectivity index is 1.73. The summed E-state index contributed by atoms with van der Waals surface area (Å²) in [6, 6.07) is 36.9. The highest BCUT2D eigenvalue weighted by Crippen LogP contribution is 2.53. The van der Waals surface area contributed by atoms with Crippen LogP contribution in [0.1, 0.15) is 32.6 Å². The lowest BCUT2D eigenvalue weighted by atomic mass is 9.81. The molecule has 1 aliphatic carbocycles. The maximum absolute atomic E-state index is 13.5. The Morgan fingerprint density at radius 1 is 0.625 bits per heavy atom. The zero-order valence-electron chi connectivity index (χ0n) is 17.3. The molecule has 0 aromatic heterocycles. The third-order valence-corrected chi connectivity index (χ3v) is 6.49. The standard InChI is InChI=1S/C30H20O2/c31-29(20-11-3-1-4-12-20)26-19-25-23-16-9-10-18-27(23)30(32,21-13-5-2-6-14-21)28(25)24-17-8-7-15-22(24)26/h1-19,32H. The van der Waals surface area contributed by atoms with Gasteiger partial charge in [0.05, 0.1) is 0 Å². The van der Waals surface area contributed by atoms with E-state index in [1.807, 2.05) is 115 Å². The van der Waals surface area contributed by atoms with Crippen LogP contribution < -0.4 is 0 Å². The van der Waals surface area contributed by atoms with Crippen molar-refractivity contribution in [1.29, 1.82) is 0 Å². The van der Waals surface area contributed by atoms with Crippen molar-refractivity contribution in [2.75, 3.05) is 0 Å². The molecule has 2 nitrogen and oxygen atoms in total. The molecule has 0 bridgehead atoms. The van der Waals surface area contributed by atoms with Crippen molar-refractivity contribution >= 4 is 16.6 Å². The second kappa shape index (κ2) is 7.01. The molecule has 0 radical (unpaired) electrons. The molecule has 0 amide bonds. The Bertz CT molecular complexity index is 1490. The van der Waals surface area contributed by atoms with Gasteiger partial charge in [-0.25, -0.2) is 0 Å². The number of carbonyl (C=O) groups excluding carboxylic acids is 1. The first-order chi connectivity index (χ1) is 15.7. The second-order valence-corrected chi connectivity index (χ2v) is 8.21.